The normalized spacial score (nSPS) is 11.9. The molecule has 0 aromatic heterocycles. The number of nitrogens with zero attached hydrogens (tertiary/aromatic N) is 2. The number of unbranched alkanes of at least 4 members (excludes halogenated alkanes) is 8. The van der Waals surface area contributed by atoms with Crippen molar-refractivity contribution in [2.24, 2.45) is 0 Å². The van der Waals surface area contributed by atoms with Crippen molar-refractivity contribution in [1.82, 2.24) is 0 Å². The minimum atomic E-state index is -5.17. The Morgan fingerprint density at radius 3 is 0.449 bits per heavy atom. The van der Waals surface area contributed by atoms with Gasteiger partial charge in [0, 0.05) is 31.2 Å². The molecule has 0 heterocycles. The fourth-order valence-corrected chi connectivity index (χ4v) is 5.29. The van der Waals surface area contributed by atoms with E-state index in [4.69, 9.17) is 52.6 Å². The van der Waals surface area contributed by atoms with Crippen molar-refractivity contribution in [3.8, 4) is 0 Å². The van der Waals surface area contributed by atoms with Crippen LogP contribution in [0.1, 0.15) is 164 Å². The molecule has 0 saturated heterocycles. The lowest BCUT2D eigenvalue weighted by atomic mass is 10.1. The van der Waals surface area contributed by atoms with Crippen LogP contribution in [-0.4, -0.2) is 114 Å². The molecule has 304 valence electrons. The van der Waals surface area contributed by atoms with E-state index in [2.05, 4.69) is 55.4 Å². The van der Waals surface area contributed by atoms with Crippen molar-refractivity contribution in [2.45, 2.75) is 158 Å². The van der Waals surface area contributed by atoms with E-state index < -0.39 is 31.2 Å². The van der Waals surface area contributed by atoms with E-state index in [1.807, 2.05) is 0 Å². The highest BCUT2D eigenvalue weighted by molar-refractivity contribution is 7.80. The van der Waals surface area contributed by atoms with Crippen LogP contribution < -0.4 is 0 Å². The third-order valence-electron chi connectivity index (χ3n) is 7.89. The van der Waals surface area contributed by atoms with Crippen molar-refractivity contribution >= 4 is 31.2 Å². The molecule has 0 spiro atoms. The van der Waals surface area contributed by atoms with Gasteiger partial charge in [-0.05, 0) is 51.4 Å². The summed E-state index contributed by atoms with van der Waals surface area (Å²) in [6.45, 7) is 30.0. The Kier molecular flexibility index (Phi) is 42.4. The molecule has 0 unspecified atom stereocenters. The van der Waals surface area contributed by atoms with E-state index in [-0.39, 0.29) is 5.71 Å². The maximum atomic E-state index is 8.52. The van der Waals surface area contributed by atoms with Gasteiger partial charge in [0.15, 0.2) is 0 Å². The molecular weight excluding hydrogens is 701 g/mol. The lowest BCUT2D eigenvalue weighted by Gasteiger charge is -2.39. The highest BCUT2D eigenvalue weighted by Gasteiger charge is 2.25. The maximum Gasteiger partial charge on any atom is 1.00 e. The molecule has 0 aliphatic carbocycles. The van der Waals surface area contributed by atoms with Gasteiger partial charge < -0.3 is 36.3 Å². The summed E-state index contributed by atoms with van der Waals surface area (Å²) in [5.41, 5.74) is 0. The molecule has 14 nitrogen and oxygen atoms in total. The predicted octanol–water partition coefficient (Wildman–Crippen LogP) is 6.44. The van der Waals surface area contributed by atoms with Crippen LogP contribution in [0.5, 0.6) is 0 Å². The van der Waals surface area contributed by atoms with Crippen molar-refractivity contribution in [3.63, 3.8) is 0 Å². The van der Waals surface area contributed by atoms with Gasteiger partial charge in [0.2, 0.25) is 0 Å². The van der Waals surface area contributed by atoms with E-state index in [1.54, 1.807) is 0 Å². The lowest BCUT2D eigenvalue weighted by molar-refractivity contribution is -0.929. The topological polar surface area (TPSA) is 241 Å². The lowest BCUT2D eigenvalue weighted by Crippen LogP contribution is -2.50. The Morgan fingerprint density at radius 2 is 0.388 bits per heavy atom. The van der Waals surface area contributed by atoms with Gasteiger partial charge in [-0.3, -0.25) is 25.3 Å². The first-order chi connectivity index (χ1) is 22.5. The summed E-state index contributed by atoms with van der Waals surface area (Å²) in [6, 6.07) is 0. The molecule has 0 amide bonds. The summed E-state index contributed by atoms with van der Waals surface area (Å²) in [5, 5.41) is 0. The summed E-state index contributed by atoms with van der Waals surface area (Å²) < 4.78 is 105. The number of hydrogen-bond acceptors (Lipinski definition) is 12. The molecule has 49 heavy (non-hydrogen) atoms. The minimum absolute atomic E-state index is 0. The average Bonchev–Trinajstić information content (AvgIpc) is 2.97. The molecule has 0 bridgehead atoms. The van der Waals surface area contributed by atoms with Gasteiger partial charge >= 0.3 is 5.71 Å². The molecule has 0 fully saturated rings. The summed E-state index contributed by atoms with van der Waals surface area (Å²) in [4.78, 5) is 0. The molecule has 17 heteroatoms. The molecule has 0 atom stereocenters. The van der Waals surface area contributed by atoms with E-state index in [9.17, 15) is 0 Å². The monoisotopic (exact) mass is 776 g/mol. The molecule has 0 aliphatic rings. The summed E-state index contributed by atoms with van der Waals surface area (Å²) >= 11 is 0. The van der Waals surface area contributed by atoms with E-state index in [1.165, 1.54) is 164 Å². The third kappa shape index (κ3) is 63.1. The van der Waals surface area contributed by atoms with Crippen LogP contribution in [0.2, 0.25) is 0 Å². The van der Waals surface area contributed by atoms with Crippen molar-refractivity contribution in [1.29, 1.82) is 0 Å². The van der Waals surface area contributed by atoms with Crippen LogP contribution in [0.4, 0.5) is 0 Å². The van der Waals surface area contributed by atoms with Gasteiger partial charge in [-0.25, -0.2) is 0 Å². The van der Waals surface area contributed by atoms with Crippen LogP contribution in [0.25, 0.3) is 0 Å². The fraction of sp³-hybridized carbons (Fsp3) is 1.00. The molecule has 0 N–H and O–H groups in total. The number of quaternary nitrogens is 2. The van der Waals surface area contributed by atoms with Crippen molar-refractivity contribution < 1.29 is 67.2 Å². The van der Waals surface area contributed by atoms with Gasteiger partial charge in [0.1, 0.15) is 0 Å². The van der Waals surface area contributed by atoms with Crippen LogP contribution >= 0.6 is 0 Å². The summed E-state index contributed by atoms with van der Waals surface area (Å²) in [6.07, 6.45) is 22.1. The Balaban J connectivity index is -0.0000000716. The smallest absolute Gasteiger partial charge is 0.759 e. The van der Waals surface area contributed by atoms with Crippen LogP contribution in [0.3, 0.4) is 0 Å². The van der Waals surface area contributed by atoms with E-state index >= 15 is 0 Å². The van der Waals surface area contributed by atoms with Crippen molar-refractivity contribution in [3.05, 3.63) is 0 Å². The van der Waals surface area contributed by atoms with Gasteiger partial charge in [-0.1, -0.05) is 107 Å². The second-order valence-corrected chi connectivity index (χ2v) is 15.0. The quantitative estimate of drug-likeness (QED) is 0.0584. The highest BCUT2D eigenvalue weighted by atomic mass is 32.3. The SMILES string of the molecule is CCCC[N+](CCCC)(CCCC)CCCC.CCCC[N+](CCCC)(CCCC)CCCC.O=S(=O)([O-])[O-].O=S(=O)([O-])[O-].O=S(=O)([O-])[O-].[H+].[H+].[H+].[H+]. The maximum absolute atomic E-state index is 8.52. The Hall–Kier alpha value is -0.470. The zero-order valence-electron chi connectivity index (χ0n) is 36.0. The van der Waals surface area contributed by atoms with Crippen LogP contribution in [0, 0.1) is 0 Å². The highest BCUT2D eigenvalue weighted by Crippen LogP contribution is 2.17. The second kappa shape index (κ2) is 35.9. The fourth-order valence-electron chi connectivity index (χ4n) is 5.29. The first kappa shape index (κ1) is 57.9. The molecule has 0 aromatic rings. The first-order valence-electron chi connectivity index (χ1n) is 18.2. The van der Waals surface area contributed by atoms with E-state index in [0.29, 0.717) is 0 Å². The first-order valence-corrected chi connectivity index (χ1v) is 22.2. The minimum Gasteiger partial charge on any atom is -0.759 e. The molecule has 0 saturated carbocycles. The second-order valence-electron chi connectivity index (χ2n) is 12.5. The Morgan fingerprint density at radius 1 is 0.306 bits per heavy atom. The summed E-state index contributed by atoms with van der Waals surface area (Å²) in [5.74, 6) is 0. The van der Waals surface area contributed by atoms with Gasteiger partial charge in [0.25, 0.3) is 0 Å². The van der Waals surface area contributed by atoms with Gasteiger partial charge in [-0.2, -0.15) is 0 Å². The molecule has 0 radical (unpaired) electrons. The number of hydrogen-bond donors (Lipinski definition) is 0. The Labute approximate surface area is 308 Å². The predicted molar refractivity (Wildman–Crippen MR) is 195 cm³/mol. The van der Waals surface area contributed by atoms with Crippen LogP contribution in [0.15, 0.2) is 0 Å². The average molecular weight is 777 g/mol. The molecular formula is C32H76N2O12S3. The summed E-state index contributed by atoms with van der Waals surface area (Å²) in [7, 11) is -15.5. The zero-order chi connectivity index (χ0) is 39.5. The Bertz CT molecular complexity index is 825. The standard InChI is InChI=1S/2C16H36N.3H2O4S/c2*1-5-9-13-17(14-10-6-2,15-11-7-3)16-12-8-4;3*1-5(2,3)4/h2*5-16H2,1-4H3;3*(H2,1,2,3,4)/q2*+1;;;/p-2. The largest absolute Gasteiger partial charge is 1.00 e. The van der Waals surface area contributed by atoms with E-state index in [0.717, 1.165) is 0 Å². The third-order valence-corrected chi connectivity index (χ3v) is 7.89. The zero-order valence-corrected chi connectivity index (χ0v) is 34.4. The van der Waals surface area contributed by atoms with Gasteiger partial charge in [-0.15, -0.1) is 0 Å². The molecule has 0 aromatic carbocycles. The van der Waals surface area contributed by atoms with Gasteiger partial charge in [0.05, 0.1) is 52.4 Å². The molecule has 0 rings (SSSR count). The van der Waals surface area contributed by atoms with Crippen LogP contribution in [-0.2, 0) is 31.2 Å². The molecule has 0 aliphatic heterocycles. The van der Waals surface area contributed by atoms with Crippen molar-refractivity contribution in [2.75, 3.05) is 52.4 Å². The number of rotatable bonds is 24.